The number of non-ortho nitro benzene ring substituents is 1. The summed E-state index contributed by atoms with van der Waals surface area (Å²) in [6, 6.07) is 4.16. The standard InChI is InChI=1S/C14H17N3O6/c1-9(14(20)23-3)16(10(2)18)8-15-13(19)11-4-6-12(7-5-11)17(21)22/h4-7,9H,8H2,1-3H3,(H,15,19). The molecule has 0 radical (unpaired) electrons. The molecule has 0 bridgehead atoms. The fourth-order valence-electron chi connectivity index (χ4n) is 1.81. The first-order valence-corrected chi connectivity index (χ1v) is 6.65. The highest BCUT2D eigenvalue weighted by molar-refractivity contribution is 5.94. The number of carbonyl (C=O) groups excluding carboxylic acids is 3. The van der Waals surface area contributed by atoms with E-state index in [1.54, 1.807) is 0 Å². The maximum atomic E-state index is 12.0. The molecule has 1 aromatic carbocycles. The first-order chi connectivity index (χ1) is 10.8. The molecule has 9 heteroatoms. The fourth-order valence-corrected chi connectivity index (χ4v) is 1.81. The molecule has 1 aromatic rings. The normalized spacial score (nSPS) is 11.3. The molecule has 0 aliphatic carbocycles. The number of rotatable bonds is 6. The number of esters is 1. The van der Waals surface area contributed by atoms with Gasteiger partial charge in [-0.25, -0.2) is 4.79 Å². The molecule has 0 aliphatic rings. The number of hydrogen-bond acceptors (Lipinski definition) is 6. The van der Waals surface area contributed by atoms with Crippen LogP contribution in [0.2, 0.25) is 0 Å². The molecule has 0 aliphatic heterocycles. The van der Waals surface area contributed by atoms with Crippen molar-refractivity contribution in [1.82, 2.24) is 10.2 Å². The highest BCUT2D eigenvalue weighted by atomic mass is 16.6. The maximum Gasteiger partial charge on any atom is 0.328 e. The second kappa shape index (κ2) is 7.87. The van der Waals surface area contributed by atoms with Gasteiger partial charge in [-0.1, -0.05) is 0 Å². The molecule has 0 spiro atoms. The molecule has 0 saturated heterocycles. The lowest BCUT2D eigenvalue weighted by Crippen LogP contribution is -2.48. The zero-order chi connectivity index (χ0) is 17.6. The molecule has 1 rings (SSSR count). The van der Waals surface area contributed by atoms with Gasteiger partial charge in [0, 0.05) is 24.6 Å². The summed E-state index contributed by atoms with van der Waals surface area (Å²) in [6.45, 7) is 2.55. The Kier molecular flexibility index (Phi) is 6.19. The largest absolute Gasteiger partial charge is 0.467 e. The number of nitrogens with one attached hydrogen (secondary N) is 1. The molecule has 1 N–H and O–H groups in total. The Morgan fingerprint density at radius 3 is 2.30 bits per heavy atom. The third-order valence-corrected chi connectivity index (χ3v) is 3.16. The van der Waals surface area contributed by atoms with E-state index in [0.717, 1.165) is 4.90 Å². The number of benzene rings is 1. The molecule has 1 unspecified atom stereocenters. The second-order valence-electron chi connectivity index (χ2n) is 4.66. The molecule has 9 nitrogen and oxygen atoms in total. The molecule has 0 aromatic heterocycles. The number of amides is 2. The molecule has 1 atom stereocenters. The zero-order valence-electron chi connectivity index (χ0n) is 12.9. The van der Waals surface area contributed by atoms with Crippen molar-refractivity contribution in [2.45, 2.75) is 19.9 Å². The van der Waals surface area contributed by atoms with Gasteiger partial charge in [-0.15, -0.1) is 0 Å². The van der Waals surface area contributed by atoms with Gasteiger partial charge in [-0.05, 0) is 19.1 Å². The molecule has 23 heavy (non-hydrogen) atoms. The van der Waals surface area contributed by atoms with Crippen LogP contribution in [0.1, 0.15) is 24.2 Å². The van der Waals surface area contributed by atoms with E-state index >= 15 is 0 Å². The Hall–Kier alpha value is -2.97. The van der Waals surface area contributed by atoms with Gasteiger partial charge in [0.25, 0.3) is 11.6 Å². The number of hydrogen-bond donors (Lipinski definition) is 1. The number of carbonyl (C=O) groups is 3. The minimum Gasteiger partial charge on any atom is -0.467 e. The van der Waals surface area contributed by atoms with Crippen LogP contribution in [0.4, 0.5) is 5.69 Å². The summed E-state index contributed by atoms with van der Waals surface area (Å²) in [5, 5.41) is 13.0. The summed E-state index contributed by atoms with van der Waals surface area (Å²) in [5.41, 5.74) is 0.0658. The van der Waals surface area contributed by atoms with E-state index in [2.05, 4.69) is 10.1 Å². The Morgan fingerprint density at radius 1 is 1.30 bits per heavy atom. The lowest BCUT2D eigenvalue weighted by molar-refractivity contribution is -0.384. The average Bonchev–Trinajstić information content (AvgIpc) is 2.53. The van der Waals surface area contributed by atoms with Crippen LogP contribution in [-0.2, 0) is 14.3 Å². The summed E-state index contributed by atoms with van der Waals surface area (Å²) in [6.07, 6.45) is 0. The minimum atomic E-state index is -0.852. The van der Waals surface area contributed by atoms with Gasteiger partial charge in [0.2, 0.25) is 5.91 Å². The van der Waals surface area contributed by atoms with Gasteiger partial charge in [0.1, 0.15) is 6.04 Å². The Labute approximate surface area is 132 Å². The van der Waals surface area contributed by atoms with Crippen molar-refractivity contribution in [1.29, 1.82) is 0 Å². The topological polar surface area (TPSA) is 119 Å². The van der Waals surface area contributed by atoms with Gasteiger partial charge in [0.15, 0.2) is 0 Å². The van der Waals surface area contributed by atoms with Gasteiger partial charge < -0.3 is 15.0 Å². The van der Waals surface area contributed by atoms with Crippen molar-refractivity contribution in [2.24, 2.45) is 0 Å². The van der Waals surface area contributed by atoms with Crippen LogP contribution in [0.5, 0.6) is 0 Å². The van der Waals surface area contributed by atoms with Crippen LogP contribution < -0.4 is 5.32 Å². The SMILES string of the molecule is COC(=O)C(C)N(CNC(=O)c1ccc([N+](=O)[O-])cc1)C(C)=O. The van der Waals surface area contributed by atoms with Crippen molar-refractivity contribution in [2.75, 3.05) is 13.8 Å². The van der Waals surface area contributed by atoms with Gasteiger partial charge >= 0.3 is 5.97 Å². The highest BCUT2D eigenvalue weighted by Crippen LogP contribution is 2.11. The van der Waals surface area contributed by atoms with E-state index in [9.17, 15) is 24.5 Å². The van der Waals surface area contributed by atoms with Crippen LogP contribution in [0, 0.1) is 10.1 Å². The lowest BCUT2D eigenvalue weighted by atomic mass is 10.2. The van der Waals surface area contributed by atoms with E-state index in [4.69, 9.17) is 0 Å². The van der Waals surface area contributed by atoms with Crippen LogP contribution in [0.15, 0.2) is 24.3 Å². The van der Waals surface area contributed by atoms with Crippen LogP contribution >= 0.6 is 0 Å². The Balaban J connectivity index is 2.73. The van der Waals surface area contributed by atoms with E-state index in [1.807, 2.05) is 0 Å². The summed E-state index contributed by atoms with van der Waals surface area (Å²) >= 11 is 0. The minimum absolute atomic E-state index is 0.133. The van der Waals surface area contributed by atoms with Crippen molar-refractivity contribution in [3.05, 3.63) is 39.9 Å². The van der Waals surface area contributed by atoms with Crippen LogP contribution in [0.25, 0.3) is 0 Å². The summed E-state index contributed by atoms with van der Waals surface area (Å²) in [5.74, 6) is -1.54. The van der Waals surface area contributed by atoms with Crippen molar-refractivity contribution >= 4 is 23.5 Å². The number of methoxy groups -OCH3 is 1. The zero-order valence-corrected chi connectivity index (χ0v) is 12.9. The Morgan fingerprint density at radius 2 is 1.87 bits per heavy atom. The van der Waals surface area contributed by atoms with Gasteiger partial charge in [-0.3, -0.25) is 19.7 Å². The molecule has 0 fully saturated rings. The van der Waals surface area contributed by atoms with Crippen LogP contribution in [0.3, 0.4) is 0 Å². The number of nitro benzene ring substituents is 1. The average molecular weight is 323 g/mol. The summed E-state index contributed by atoms with van der Waals surface area (Å²) in [7, 11) is 1.20. The quantitative estimate of drug-likeness (QED) is 0.356. The molecule has 124 valence electrons. The number of nitrogens with zero attached hydrogens (tertiary/aromatic N) is 2. The van der Waals surface area contributed by atoms with E-state index < -0.39 is 28.7 Å². The maximum absolute atomic E-state index is 12.0. The number of nitro groups is 1. The molecular formula is C14H17N3O6. The fraction of sp³-hybridized carbons (Fsp3) is 0.357. The number of ether oxygens (including phenoxy) is 1. The van der Waals surface area contributed by atoms with E-state index in [1.165, 1.54) is 45.2 Å². The molecule has 0 saturated carbocycles. The van der Waals surface area contributed by atoms with Crippen molar-refractivity contribution < 1.29 is 24.0 Å². The first-order valence-electron chi connectivity index (χ1n) is 6.65. The molecule has 0 heterocycles. The first kappa shape index (κ1) is 18.1. The monoisotopic (exact) mass is 323 g/mol. The molecule has 2 amide bonds. The predicted molar refractivity (Wildman–Crippen MR) is 79.4 cm³/mol. The highest BCUT2D eigenvalue weighted by Gasteiger charge is 2.24. The van der Waals surface area contributed by atoms with Gasteiger partial charge in [0.05, 0.1) is 18.7 Å². The summed E-state index contributed by atoms with van der Waals surface area (Å²) in [4.78, 5) is 46.1. The van der Waals surface area contributed by atoms with Crippen molar-refractivity contribution in [3.63, 3.8) is 0 Å². The Bertz CT molecular complexity index is 613. The second-order valence-corrected chi connectivity index (χ2v) is 4.66. The van der Waals surface area contributed by atoms with Crippen LogP contribution in [-0.4, -0.2) is 47.4 Å². The summed E-state index contributed by atoms with van der Waals surface area (Å²) < 4.78 is 4.56. The van der Waals surface area contributed by atoms with Crippen molar-refractivity contribution in [3.8, 4) is 0 Å². The lowest BCUT2D eigenvalue weighted by Gasteiger charge is -2.26. The third-order valence-electron chi connectivity index (χ3n) is 3.16. The third kappa shape index (κ3) is 4.77. The predicted octanol–water partition coefficient (Wildman–Crippen LogP) is 0.692. The van der Waals surface area contributed by atoms with E-state index in [-0.39, 0.29) is 17.9 Å². The van der Waals surface area contributed by atoms with Gasteiger partial charge in [-0.2, -0.15) is 0 Å². The van der Waals surface area contributed by atoms with E-state index in [0.29, 0.717) is 0 Å². The molecular weight excluding hydrogens is 306 g/mol. The smallest absolute Gasteiger partial charge is 0.328 e.